The van der Waals surface area contributed by atoms with E-state index in [2.05, 4.69) is 12.2 Å². The highest BCUT2D eigenvalue weighted by Crippen LogP contribution is 2.13. The Hall–Kier alpha value is -1.55. The lowest BCUT2D eigenvalue weighted by molar-refractivity contribution is 0.0942. The Morgan fingerprint density at radius 3 is 2.83 bits per heavy atom. The first-order valence-electron chi connectivity index (χ1n) is 6.37. The summed E-state index contributed by atoms with van der Waals surface area (Å²) in [6.07, 6.45) is 1.84. The van der Waals surface area contributed by atoms with E-state index in [0.717, 1.165) is 25.0 Å². The first kappa shape index (κ1) is 14.5. The van der Waals surface area contributed by atoms with E-state index in [1.807, 2.05) is 13.0 Å². The third-order valence-electron chi connectivity index (χ3n) is 2.55. The van der Waals surface area contributed by atoms with E-state index in [1.165, 1.54) is 0 Å². The van der Waals surface area contributed by atoms with Crippen LogP contribution in [0.1, 0.15) is 35.7 Å². The highest BCUT2D eigenvalue weighted by Gasteiger charge is 2.08. The van der Waals surface area contributed by atoms with Crippen LogP contribution in [0.4, 0.5) is 5.69 Å². The summed E-state index contributed by atoms with van der Waals surface area (Å²) < 4.78 is 5.33. The first-order valence-corrected chi connectivity index (χ1v) is 6.37. The maximum atomic E-state index is 11.8. The molecule has 4 heteroatoms. The molecule has 0 aliphatic carbocycles. The molecule has 1 amide bonds. The molecule has 1 aromatic rings. The molecule has 0 spiro atoms. The van der Waals surface area contributed by atoms with Crippen molar-refractivity contribution in [1.29, 1.82) is 0 Å². The summed E-state index contributed by atoms with van der Waals surface area (Å²) in [7, 11) is 0. The van der Waals surface area contributed by atoms with Crippen molar-refractivity contribution >= 4 is 11.6 Å². The third kappa shape index (κ3) is 4.75. The van der Waals surface area contributed by atoms with Crippen molar-refractivity contribution in [2.45, 2.75) is 26.7 Å². The fourth-order valence-electron chi connectivity index (χ4n) is 1.61. The number of amides is 1. The second-order valence-electron chi connectivity index (χ2n) is 4.31. The van der Waals surface area contributed by atoms with Crippen molar-refractivity contribution < 1.29 is 9.53 Å². The number of nitrogen functional groups attached to an aromatic ring is 1. The molecule has 0 saturated heterocycles. The van der Waals surface area contributed by atoms with Crippen molar-refractivity contribution in [1.82, 2.24) is 5.32 Å². The van der Waals surface area contributed by atoms with Crippen molar-refractivity contribution in [3.63, 3.8) is 0 Å². The van der Waals surface area contributed by atoms with Crippen LogP contribution in [0.25, 0.3) is 0 Å². The molecule has 0 aromatic heterocycles. The van der Waals surface area contributed by atoms with Gasteiger partial charge in [-0.3, -0.25) is 4.79 Å². The summed E-state index contributed by atoms with van der Waals surface area (Å²) in [6, 6.07) is 5.45. The highest BCUT2D eigenvalue weighted by atomic mass is 16.5. The van der Waals surface area contributed by atoms with Crippen LogP contribution in [0.5, 0.6) is 0 Å². The van der Waals surface area contributed by atoms with E-state index in [9.17, 15) is 4.79 Å². The van der Waals surface area contributed by atoms with Gasteiger partial charge in [0.25, 0.3) is 5.91 Å². The van der Waals surface area contributed by atoms with Crippen LogP contribution in [-0.2, 0) is 4.74 Å². The quantitative estimate of drug-likeness (QED) is 0.575. The molecular formula is C14H22N2O2. The highest BCUT2D eigenvalue weighted by molar-refractivity contribution is 5.99. The van der Waals surface area contributed by atoms with E-state index >= 15 is 0 Å². The van der Waals surface area contributed by atoms with Crippen molar-refractivity contribution in [2.24, 2.45) is 0 Å². The summed E-state index contributed by atoms with van der Waals surface area (Å²) >= 11 is 0. The molecule has 1 aromatic carbocycles. The average Bonchev–Trinajstić information content (AvgIpc) is 2.33. The Labute approximate surface area is 109 Å². The minimum absolute atomic E-state index is 0.122. The van der Waals surface area contributed by atoms with E-state index in [1.54, 1.807) is 12.1 Å². The van der Waals surface area contributed by atoms with Crippen LogP contribution >= 0.6 is 0 Å². The van der Waals surface area contributed by atoms with Crippen molar-refractivity contribution in [2.75, 3.05) is 25.5 Å². The predicted octanol–water partition coefficient (Wildman–Crippen LogP) is 2.12. The summed E-state index contributed by atoms with van der Waals surface area (Å²) in [5.74, 6) is -0.122. The van der Waals surface area contributed by atoms with Gasteiger partial charge >= 0.3 is 0 Å². The molecule has 0 saturated carbocycles. The molecule has 3 N–H and O–H groups in total. The van der Waals surface area contributed by atoms with Crippen LogP contribution < -0.4 is 11.1 Å². The fourth-order valence-corrected chi connectivity index (χ4v) is 1.61. The SMILES string of the molecule is CCCOCCCNC(=O)c1ccc(C)cc1N. The first-order chi connectivity index (χ1) is 8.65. The smallest absolute Gasteiger partial charge is 0.253 e. The van der Waals surface area contributed by atoms with Gasteiger partial charge < -0.3 is 15.8 Å². The summed E-state index contributed by atoms with van der Waals surface area (Å²) in [4.78, 5) is 11.8. The number of carbonyl (C=O) groups excluding carboxylic acids is 1. The Morgan fingerprint density at radius 1 is 1.39 bits per heavy atom. The molecule has 0 heterocycles. The fraction of sp³-hybridized carbons (Fsp3) is 0.500. The summed E-state index contributed by atoms with van der Waals surface area (Å²) in [5, 5.41) is 2.84. The number of nitrogens with one attached hydrogen (secondary N) is 1. The van der Waals surface area contributed by atoms with Crippen LogP contribution in [0.2, 0.25) is 0 Å². The van der Waals surface area contributed by atoms with Gasteiger partial charge in [0.1, 0.15) is 0 Å². The molecule has 100 valence electrons. The molecule has 0 fully saturated rings. The van der Waals surface area contributed by atoms with E-state index < -0.39 is 0 Å². The summed E-state index contributed by atoms with van der Waals surface area (Å²) in [6.45, 7) is 6.08. The molecule has 18 heavy (non-hydrogen) atoms. The maximum Gasteiger partial charge on any atom is 0.253 e. The van der Waals surface area contributed by atoms with Crippen molar-refractivity contribution in [3.05, 3.63) is 29.3 Å². The second kappa shape index (κ2) is 7.71. The standard InChI is InChI=1S/C14H22N2O2/c1-3-8-18-9-4-7-16-14(17)12-6-5-11(2)10-13(12)15/h5-6,10H,3-4,7-9,15H2,1-2H3,(H,16,17). The number of benzene rings is 1. The topological polar surface area (TPSA) is 64.3 Å². The minimum atomic E-state index is -0.122. The van der Waals surface area contributed by atoms with Crippen LogP contribution in [0.3, 0.4) is 0 Å². The molecule has 0 bridgehead atoms. The largest absolute Gasteiger partial charge is 0.398 e. The van der Waals surface area contributed by atoms with Crippen molar-refractivity contribution in [3.8, 4) is 0 Å². The van der Waals surface area contributed by atoms with Gasteiger partial charge in [-0.25, -0.2) is 0 Å². The van der Waals surface area contributed by atoms with Gasteiger partial charge in [-0.15, -0.1) is 0 Å². The number of nitrogens with two attached hydrogens (primary N) is 1. The van der Waals surface area contributed by atoms with Gasteiger partial charge in [-0.2, -0.15) is 0 Å². The van der Waals surface area contributed by atoms with Crippen LogP contribution in [0.15, 0.2) is 18.2 Å². The van der Waals surface area contributed by atoms with E-state index in [-0.39, 0.29) is 5.91 Å². The van der Waals surface area contributed by atoms with E-state index in [0.29, 0.717) is 24.4 Å². The van der Waals surface area contributed by atoms with Gasteiger partial charge in [0.05, 0.1) is 5.56 Å². The van der Waals surface area contributed by atoms with Gasteiger partial charge in [0, 0.05) is 25.4 Å². The monoisotopic (exact) mass is 250 g/mol. The number of rotatable bonds is 7. The predicted molar refractivity (Wildman–Crippen MR) is 73.7 cm³/mol. The normalized spacial score (nSPS) is 10.3. The lowest BCUT2D eigenvalue weighted by atomic mass is 10.1. The maximum absolute atomic E-state index is 11.8. The molecule has 0 aliphatic heterocycles. The zero-order valence-corrected chi connectivity index (χ0v) is 11.2. The van der Waals surface area contributed by atoms with Gasteiger partial charge in [0.2, 0.25) is 0 Å². The Kier molecular flexibility index (Phi) is 6.22. The lowest BCUT2D eigenvalue weighted by Gasteiger charge is -2.08. The lowest BCUT2D eigenvalue weighted by Crippen LogP contribution is -2.26. The van der Waals surface area contributed by atoms with Crippen LogP contribution in [0, 0.1) is 6.92 Å². The number of ether oxygens (including phenoxy) is 1. The molecule has 0 atom stereocenters. The molecule has 1 rings (SSSR count). The molecule has 0 unspecified atom stereocenters. The minimum Gasteiger partial charge on any atom is -0.398 e. The van der Waals surface area contributed by atoms with Gasteiger partial charge in [0.15, 0.2) is 0 Å². The van der Waals surface area contributed by atoms with Crippen LogP contribution in [-0.4, -0.2) is 25.7 Å². The molecule has 0 radical (unpaired) electrons. The number of hydrogen-bond acceptors (Lipinski definition) is 3. The summed E-state index contributed by atoms with van der Waals surface area (Å²) in [5.41, 5.74) is 7.92. The molecule has 0 aliphatic rings. The zero-order valence-electron chi connectivity index (χ0n) is 11.2. The molecular weight excluding hydrogens is 228 g/mol. The Balaban J connectivity index is 2.32. The number of carbonyl (C=O) groups is 1. The third-order valence-corrected chi connectivity index (χ3v) is 2.55. The number of anilines is 1. The second-order valence-corrected chi connectivity index (χ2v) is 4.31. The Bertz CT molecular complexity index is 391. The Morgan fingerprint density at radius 2 is 2.17 bits per heavy atom. The molecule has 4 nitrogen and oxygen atoms in total. The number of hydrogen-bond donors (Lipinski definition) is 2. The van der Waals surface area contributed by atoms with Gasteiger partial charge in [-0.1, -0.05) is 13.0 Å². The van der Waals surface area contributed by atoms with Gasteiger partial charge in [-0.05, 0) is 37.5 Å². The number of aryl methyl sites for hydroxylation is 1. The average molecular weight is 250 g/mol. The van der Waals surface area contributed by atoms with E-state index in [4.69, 9.17) is 10.5 Å². The zero-order chi connectivity index (χ0) is 13.4.